The zero-order chi connectivity index (χ0) is 27.0. The molecule has 38 heavy (non-hydrogen) atoms. The highest BCUT2D eigenvalue weighted by molar-refractivity contribution is 6.00. The van der Waals surface area contributed by atoms with Crippen LogP contribution in [0, 0.1) is 0 Å². The van der Waals surface area contributed by atoms with Gasteiger partial charge in [-0.2, -0.15) is 18.3 Å². The van der Waals surface area contributed by atoms with Crippen molar-refractivity contribution in [3.63, 3.8) is 0 Å². The van der Waals surface area contributed by atoms with Gasteiger partial charge in [0.1, 0.15) is 23.9 Å². The highest BCUT2D eigenvalue weighted by atomic mass is 19.4. The lowest BCUT2D eigenvalue weighted by Gasteiger charge is -2.10. The molecule has 12 nitrogen and oxygen atoms in total. The molecule has 0 aliphatic carbocycles. The number of carboxylic acid groups (broad SMARTS) is 1. The fourth-order valence-electron chi connectivity index (χ4n) is 3.66. The van der Waals surface area contributed by atoms with E-state index in [1.165, 1.54) is 10.8 Å². The van der Waals surface area contributed by atoms with Crippen molar-refractivity contribution in [3.8, 4) is 22.6 Å². The number of carbonyl (C=O) groups excluding carboxylic acids is 1. The second kappa shape index (κ2) is 9.20. The minimum atomic E-state index is -4.58. The average Bonchev–Trinajstić information content (AvgIpc) is 3.50. The molecule has 1 aromatic carbocycles. The maximum atomic E-state index is 12.9. The summed E-state index contributed by atoms with van der Waals surface area (Å²) in [7, 11) is 0. The molecule has 0 fully saturated rings. The van der Waals surface area contributed by atoms with Gasteiger partial charge in [-0.25, -0.2) is 29.1 Å². The third-order valence-electron chi connectivity index (χ3n) is 5.32. The van der Waals surface area contributed by atoms with Crippen LogP contribution in [0.4, 0.5) is 35.3 Å². The van der Waals surface area contributed by atoms with E-state index in [1.807, 2.05) is 0 Å². The lowest BCUT2D eigenvalue weighted by atomic mass is 10.0. The number of pyridine rings is 1. The normalized spacial score (nSPS) is 11.4. The fraction of sp³-hybridized carbons (Fsp3) is 0.0435. The number of nitrogens with two attached hydrogens (primary N) is 1. The van der Waals surface area contributed by atoms with Gasteiger partial charge in [0.15, 0.2) is 11.5 Å². The summed E-state index contributed by atoms with van der Waals surface area (Å²) in [5, 5.41) is 18.1. The summed E-state index contributed by atoms with van der Waals surface area (Å²) in [4.78, 5) is 35.3. The van der Waals surface area contributed by atoms with E-state index in [0.717, 1.165) is 18.5 Å². The summed E-state index contributed by atoms with van der Waals surface area (Å²) in [5.41, 5.74) is 7.02. The quantitative estimate of drug-likeness (QED) is 0.260. The molecule has 4 heterocycles. The molecule has 15 heteroatoms. The number of anilines is 3. The Balaban J connectivity index is 1.43. The molecule has 192 valence electrons. The summed E-state index contributed by atoms with van der Waals surface area (Å²) in [6.45, 7) is 0. The zero-order valence-electron chi connectivity index (χ0n) is 18.9. The number of oxazole rings is 1. The Morgan fingerprint density at radius 1 is 1.08 bits per heavy atom. The van der Waals surface area contributed by atoms with Crippen LogP contribution in [0.5, 0.6) is 0 Å². The summed E-state index contributed by atoms with van der Waals surface area (Å²) in [6.07, 6.45) is 0.170. The second-order valence-electron chi connectivity index (χ2n) is 7.78. The minimum absolute atomic E-state index is 0.0115. The number of aromatic nitrogens is 5. The molecule has 5 rings (SSSR count). The van der Waals surface area contributed by atoms with Crippen molar-refractivity contribution >= 4 is 34.8 Å². The number of hydrogen-bond acceptors (Lipinski definition) is 8. The summed E-state index contributed by atoms with van der Waals surface area (Å²) >= 11 is 0. The molecule has 0 atom stereocenters. The molecule has 0 aliphatic rings. The standard InChI is InChI=1S/C23H15F3N8O4/c24-23(25,26)12-5-6-28-16(7-12)33-22(37)31-13-3-1-11(2-4-13)17-14(20-32-15(9-38-20)21(35)36)8-34-18(17)19(27)29-10-30-34/h1-10H,(H,35,36)(H2,27,29,30)(H2,28,31,33,37). The first kappa shape index (κ1) is 24.2. The number of alkyl halides is 3. The van der Waals surface area contributed by atoms with Crippen molar-refractivity contribution < 1.29 is 32.3 Å². The maximum absolute atomic E-state index is 12.9. The molecule has 0 aliphatic heterocycles. The highest BCUT2D eigenvalue weighted by Crippen LogP contribution is 2.38. The first-order chi connectivity index (χ1) is 18.1. The van der Waals surface area contributed by atoms with E-state index in [0.29, 0.717) is 34.0 Å². The van der Waals surface area contributed by atoms with Gasteiger partial charge >= 0.3 is 18.2 Å². The number of nitrogen functional groups attached to an aromatic ring is 1. The third kappa shape index (κ3) is 4.67. The summed E-state index contributed by atoms with van der Waals surface area (Å²) in [6, 6.07) is 7.04. The zero-order valence-corrected chi connectivity index (χ0v) is 18.9. The van der Waals surface area contributed by atoms with E-state index in [9.17, 15) is 27.9 Å². The third-order valence-corrected chi connectivity index (χ3v) is 5.32. The monoisotopic (exact) mass is 524 g/mol. The molecule has 2 amide bonds. The highest BCUT2D eigenvalue weighted by Gasteiger charge is 2.31. The Bertz CT molecular complexity index is 1680. The lowest BCUT2D eigenvalue weighted by Crippen LogP contribution is -2.20. The number of aromatic carboxylic acids is 1. The van der Waals surface area contributed by atoms with Gasteiger partial charge < -0.3 is 20.6 Å². The molecular formula is C23H15F3N8O4. The number of halogens is 3. The molecule has 0 spiro atoms. The predicted octanol–water partition coefficient (Wildman–Crippen LogP) is 4.39. The van der Waals surface area contributed by atoms with E-state index in [1.54, 1.807) is 30.5 Å². The molecule has 0 unspecified atom stereocenters. The molecular weight excluding hydrogens is 509 g/mol. The van der Waals surface area contributed by atoms with E-state index in [2.05, 4.69) is 30.7 Å². The molecule has 0 saturated heterocycles. The number of benzene rings is 1. The van der Waals surface area contributed by atoms with Crippen molar-refractivity contribution in [1.29, 1.82) is 0 Å². The Morgan fingerprint density at radius 3 is 2.53 bits per heavy atom. The maximum Gasteiger partial charge on any atom is 0.416 e. The number of carbonyl (C=O) groups is 2. The molecule has 0 bridgehead atoms. The average molecular weight is 524 g/mol. The van der Waals surface area contributed by atoms with Gasteiger partial charge in [-0.3, -0.25) is 5.32 Å². The molecule has 5 aromatic rings. The number of rotatable bonds is 5. The van der Waals surface area contributed by atoms with Crippen molar-refractivity contribution in [2.45, 2.75) is 6.18 Å². The van der Waals surface area contributed by atoms with Crippen molar-refractivity contribution in [2.75, 3.05) is 16.4 Å². The Kier molecular flexibility index (Phi) is 5.87. The lowest BCUT2D eigenvalue weighted by molar-refractivity contribution is -0.137. The van der Waals surface area contributed by atoms with Gasteiger partial charge in [0, 0.05) is 23.6 Å². The van der Waals surface area contributed by atoms with Crippen LogP contribution in [0.25, 0.3) is 28.1 Å². The van der Waals surface area contributed by atoms with Crippen molar-refractivity contribution in [1.82, 2.24) is 24.6 Å². The van der Waals surface area contributed by atoms with E-state index in [4.69, 9.17) is 10.2 Å². The van der Waals surface area contributed by atoms with Gasteiger partial charge in [-0.15, -0.1) is 0 Å². The Hall–Kier alpha value is -5.47. The summed E-state index contributed by atoms with van der Waals surface area (Å²) in [5.74, 6) is -1.39. The molecule has 0 saturated carbocycles. The smallest absolute Gasteiger partial charge is 0.416 e. The van der Waals surface area contributed by atoms with Gasteiger partial charge in [-0.1, -0.05) is 12.1 Å². The SMILES string of the molecule is Nc1ncnn2cc(-c3nc(C(=O)O)co3)c(-c3ccc(NC(=O)Nc4cc(C(F)(F)F)ccn4)cc3)c12. The number of nitrogens with zero attached hydrogens (tertiary/aromatic N) is 5. The number of hydrogen-bond donors (Lipinski definition) is 4. The van der Waals surface area contributed by atoms with E-state index >= 15 is 0 Å². The molecule has 5 N–H and O–H groups in total. The fourth-order valence-corrected chi connectivity index (χ4v) is 3.66. The van der Waals surface area contributed by atoms with Crippen LogP contribution in [0.15, 0.2) is 65.8 Å². The first-order valence-electron chi connectivity index (χ1n) is 10.6. The molecule has 0 radical (unpaired) electrons. The van der Waals surface area contributed by atoms with E-state index < -0.39 is 23.7 Å². The van der Waals surface area contributed by atoms with Crippen LogP contribution in [0.3, 0.4) is 0 Å². The number of amides is 2. The van der Waals surface area contributed by atoms with Crippen molar-refractivity contribution in [2.24, 2.45) is 0 Å². The van der Waals surface area contributed by atoms with Crippen LogP contribution in [0.2, 0.25) is 0 Å². The number of carboxylic acids is 1. The Morgan fingerprint density at radius 2 is 1.84 bits per heavy atom. The Labute approximate surface area is 210 Å². The molecule has 4 aromatic heterocycles. The largest absolute Gasteiger partial charge is 0.476 e. The van der Waals surface area contributed by atoms with Crippen LogP contribution < -0.4 is 16.4 Å². The van der Waals surface area contributed by atoms with Crippen LogP contribution in [-0.4, -0.2) is 41.7 Å². The van der Waals surface area contributed by atoms with Gasteiger partial charge in [0.25, 0.3) is 0 Å². The van der Waals surface area contributed by atoms with Gasteiger partial charge in [0.05, 0.1) is 11.1 Å². The van der Waals surface area contributed by atoms with E-state index in [-0.39, 0.29) is 23.2 Å². The topological polar surface area (TPSA) is 174 Å². The first-order valence-corrected chi connectivity index (χ1v) is 10.6. The minimum Gasteiger partial charge on any atom is -0.476 e. The predicted molar refractivity (Wildman–Crippen MR) is 127 cm³/mol. The van der Waals surface area contributed by atoms with Crippen LogP contribution in [0.1, 0.15) is 16.1 Å². The van der Waals surface area contributed by atoms with Crippen LogP contribution in [-0.2, 0) is 6.18 Å². The number of nitrogens with one attached hydrogen (secondary N) is 2. The second-order valence-corrected chi connectivity index (χ2v) is 7.78. The summed E-state index contributed by atoms with van der Waals surface area (Å²) < 4.78 is 45.5. The number of fused-ring (bicyclic) bond motifs is 1. The van der Waals surface area contributed by atoms with Gasteiger partial charge in [0.2, 0.25) is 5.89 Å². The number of urea groups is 1. The van der Waals surface area contributed by atoms with Crippen LogP contribution >= 0.6 is 0 Å². The van der Waals surface area contributed by atoms with Gasteiger partial charge in [-0.05, 0) is 29.8 Å². The van der Waals surface area contributed by atoms with Crippen molar-refractivity contribution in [3.05, 3.63) is 72.6 Å².